The zero-order chi connectivity index (χ0) is 30.4. The van der Waals surface area contributed by atoms with Crippen LogP contribution in [0.25, 0.3) is 11.1 Å². The maximum atomic E-state index is 12.6. The first-order chi connectivity index (χ1) is 19.7. The van der Waals surface area contributed by atoms with Crippen molar-refractivity contribution in [3.05, 3.63) is 40.6 Å². The SMILES string of the molecule is C=CC(=O)N1CC2(CC(n3nc(N4CCC5(CC(=O)N(C)C5)CC4(C)C)c(-c4c(Cl)c(C)cc(N)c4C=N)c3C)C2)C1. The number of carbonyl (C=O) groups excluding carboxylic acids is 2. The third-order valence-corrected chi connectivity index (χ3v) is 10.9. The third kappa shape index (κ3) is 4.26. The molecule has 1 unspecified atom stereocenters. The summed E-state index contributed by atoms with van der Waals surface area (Å²) in [5, 5.41) is 14.2. The summed E-state index contributed by atoms with van der Waals surface area (Å²) in [6.07, 6.45) is 6.97. The Morgan fingerprint density at radius 2 is 1.88 bits per heavy atom. The molecule has 10 heteroatoms. The van der Waals surface area contributed by atoms with Crippen LogP contribution in [0.1, 0.15) is 68.8 Å². The number of nitrogens with two attached hydrogens (primary N) is 1. The summed E-state index contributed by atoms with van der Waals surface area (Å²) >= 11 is 7.04. The van der Waals surface area contributed by atoms with Gasteiger partial charge in [0.2, 0.25) is 11.8 Å². The van der Waals surface area contributed by atoms with Crippen LogP contribution in [0.15, 0.2) is 18.7 Å². The summed E-state index contributed by atoms with van der Waals surface area (Å²) in [4.78, 5) is 30.8. The van der Waals surface area contributed by atoms with Crippen molar-refractivity contribution in [3.63, 3.8) is 0 Å². The van der Waals surface area contributed by atoms with E-state index in [1.54, 1.807) is 0 Å². The smallest absolute Gasteiger partial charge is 0.245 e. The number of carbonyl (C=O) groups is 2. The molecule has 3 aliphatic heterocycles. The van der Waals surface area contributed by atoms with Crippen LogP contribution in [0.2, 0.25) is 5.02 Å². The number of anilines is 2. The van der Waals surface area contributed by atoms with E-state index in [-0.39, 0.29) is 34.2 Å². The highest BCUT2D eigenvalue weighted by Gasteiger charge is 2.55. The molecule has 3 N–H and O–H groups in total. The van der Waals surface area contributed by atoms with Crippen LogP contribution in [-0.4, -0.2) is 76.4 Å². The quantitative estimate of drug-likeness (QED) is 0.289. The van der Waals surface area contributed by atoms with Gasteiger partial charge in [-0.05, 0) is 71.1 Å². The van der Waals surface area contributed by atoms with E-state index in [9.17, 15) is 9.59 Å². The van der Waals surface area contributed by atoms with E-state index < -0.39 is 0 Å². The number of nitrogen functional groups attached to an aromatic ring is 1. The Balaban J connectivity index is 1.41. The van der Waals surface area contributed by atoms with Gasteiger partial charge in [0.05, 0.1) is 11.1 Å². The number of halogens is 1. The molecule has 4 aliphatic rings. The highest BCUT2D eigenvalue weighted by Crippen LogP contribution is 2.56. The molecule has 4 fully saturated rings. The van der Waals surface area contributed by atoms with Crippen LogP contribution in [0.3, 0.4) is 0 Å². The topological polar surface area (TPSA) is 112 Å². The molecule has 42 heavy (non-hydrogen) atoms. The van der Waals surface area contributed by atoms with Crippen LogP contribution in [0.5, 0.6) is 0 Å². The zero-order valence-electron chi connectivity index (χ0n) is 25.4. The molecule has 1 saturated carbocycles. The van der Waals surface area contributed by atoms with E-state index in [1.165, 1.54) is 12.3 Å². The van der Waals surface area contributed by atoms with Gasteiger partial charge in [-0.3, -0.25) is 14.3 Å². The Kier molecular flexibility index (Phi) is 6.57. The van der Waals surface area contributed by atoms with Gasteiger partial charge in [0.25, 0.3) is 0 Å². The molecule has 224 valence electrons. The van der Waals surface area contributed by atoms with Crippen molar-refractivity contribution in [1.82, 2.24) is 19.6 Å². The van der Waals surface area contributed by atoms with Crippen LogP contribution >= 0.6 is 11.6 Å². The number of nitrogens with zero attached hydrogens (tertiary/aromatic N) is 5. The van der Waals surface area contributed by atoms with E-state index >= 15 is 0 Å². The summed E-state index contributed by atoms with van der Waals surface area (Å²) in [5.74, 6) is 1.08. The highest BCUT2D eigenvalue weighted by atomic mass is 35.5. The lowest BCUT2D eigenvalue weighted by atomic mass is 9.60. The second-order valence-corrected chi connectivity index (χ2v) is 14.4. The van der Waals surface area contributed by atoms with Crippen molar-refractivity contribution in [2.24, 2.45) is 10.8 Å². The Labute approximate surface area is 253 Å². The second kappa shape index (κ2) is 9.59. The average molecular weight is 592 g/mol. The molecule has 2 aromatic rings. The van der Waals surface area contributed by atoms with Crippen molar-refractivity contribution >= 4 is 41.1 Å². The maximum absolute atomic E-state index is 12.6. The normalized spacial score (nSPS) is 24.7. The Bertz CT molecular complexity index is 1510. The van der Waals surface area contributed by atoms with Crippen molar-refractivity contribution in [2.45, 2.75) is 71.4 Å². The molecule has 1 aliphatic carbocycles. The number of piperidine rings is 1. The zero-order valence-corrected chi connectivity index (χ0v) is 26.1. The first-order valence-electron chi connectivity index (χ1n) is 14.9. The first kappa shape index (κ1) is 28.8. The summed E-state index contributed by atoms with van der Waals surface area (Å²) in [7, 11) is 1.91. The predicted octanol–water partition coefficient (Wildman–Crippen LogP) is 4.98. The number of likely N-dealkylation sites (tertiary alicyclic amines) is 2. The number of amides is 2. The van der Waals surface area contributed by atoms with Crippen LogP contribution < -0.4 is 10.6 Å². The number of hydrogen-bond donors (Lipinski definition) is 2. The fourth-order valence-electron chi connectivity index (χ4n) is 8.53. The fraction of sp³-hybridized carbons (Fsp3) is 0.562. The molecular formula is C32H42ClN7O2. The van der Waals surface area contributed by atoms with Crippen molar-refractivity contribution in [2.75, 3.05) is 43.9 Å². The van der Waals surface area contributed by atoms with E-state index in [2.05, 4.69) is 36.9 Å². The van der Waals surface area contributed by atoms with Gasteiger partial charge in [-0.25, -0.2) is 0 Å². The monoisotopic (exact) mass is 591 g/mol. The first-order valence-corrected chi connectivity index (χ1v) is 15.2. The largest absolute Gasteiger partial charge is 0.398 e. The number of aryl methyl sites for hydroxylation is 1. The summed E-state index contributed by atoms with van der Waals surface area (Å²) in [5.41, 5.74) is 11.0. The number of aromatic nitrogens is 2. The van der Waals surface area contributed by atoms with Gasteiger partial charge in [0.1, 0.15) is 0 Å². The minimum Gasteiger partial charge on any atom is -0.398 e. The van der Waals surface area contributed by atoms with Gasteiger partial charge >= 0.3 is 0 Å². The van der Waals surface area contributed by atoms with E-state index in [4.69, 9.17) is 27.8 Å². The molecule has 6 rings (SSSR count). The average Bonchev–Trinajstić information content (AvgIpc) is 3.33. The maximum Gasteiger partial charge on any atom is 0.245 e. The molecule has 0 radical (unpaired) electrons. The lowest BCUT2D eigenvalue weighted by molar-refractivity contribution is -0.149. The Morgan fingerprint density at radius 3 is 2.45 bits per heavy atom. The Hall–Kier alpha value is -3.33. The molecule has 1 aromatic carbocycles. The van der Waals surface area contributed by atoms with Crippen molar-refractivity contribution in [3.8, 4) is 11.1 Å². The molecule has 2 amide bonds. The van der Waals surface area contributed by atoms with Crippen LogP contribution in [-0.2, 0) is 9.59 Å². The molecular weight excluding hydrogens is 550 g/mol. The lowest BCUT2D eigenvalue weighted by Gasteiger charge is -2.58. The molecule has 1 aromatic heterocycles. The van der Waals surface area contributed by atoms with E-state index in [0.717, 1.165) is 80.1 Å². The van der Waals surface area contributed by atoms with E-state index in [1.807, 2.05) is 29.8 Å². The predicted molar refractivity (Wildman–Crippen MR) is 167 cm³/mol. The van der Waals surface area contributed by atoms with Gasteiger partial charge in [-0.2, -0.15) is 5.10 Å². The fourth-order valence-corrected chi connectivity index (χ4v) is 8.78. The van der Waals surface area contributed by atoms with Crippen molar-refractivity contribution in [1.29, 1.82) is 5.41 Å². The molecule has 3 saturated heterocycles. The molecule has 9 nitrogen and oxygen atoms in total. The number of rotatable bonds is 5. The summed E-state index contributed by atoms with van der Waals surface area (Å²) in [6, 6.07) is 2.04. The van der Waals surface area contributed by atoms with Gasteiger partial charge in [0, 0.05) is 90.3 Å². The summed E-state index contributed by atoms with van der Waals surface area (Å²) in [6.45, 7) is 15.2. The second-order valence-electron chi connectivity index (χ2n) is 14.0. The number of hydrogen-bond acceptors (Lipinski definition) is 6. The lowest BCUT2D eigenvalue weighted by Crippen LogP contribution is -2.63. The number of benzene rings is 1. The molecule has 2 spiro atoms. The third-order valence-electron chi connectivity index (χ3n) is 10.5. The molecule has 1 atom stereocenters. The summed E-state index contributed by atoms with van der Waals surface area (Å²) < 4.78 is 2.16. The molecule has 4 heterocycles. The van der Waals surface area contributed by atoms with Crippen LogP contribution in [0, 0.1) is 30.1 Å². The standard InChI is InChI=1S/C32H42ClN7O2/c1-7-24(41)38-17-32(18-38)11-21(12-32)40-20(3)26(27-22(14-34)23(35)10-19(2)28(27)33)29(36-40)39-9-8-31(15-30(39,4)5)13-25(42)37(6)16-31/h7,10,14,21,34H,1,8-9,11-13,15-18,35H2,2-6H3. The molecule has 0 bridgehead atoms. The minimum atomic E-state index is -0.267. The Morgan fingerprint density at radius 1 is 1.19 bits per heavy atom. The van der Waals surface area contributed by atoms with Gasteiger partial charge in [0.15, 0.2) is 5.82 Å². The van der Waals surface area contributed by atoms with E-state index in [0.29, 0.717) is 22.7 Å². The van der Waals surface area contributed by atoms with Gasteiger partial charge < -0.3 is 25.8 Å². The number of nitrogens with one attached hydrogen (secondary N) is 1. The van der Waals surface area contributed by atoms with Gasteiger partial charge in [-0.1, -0.05) is 18.2 Å². The van der Waals surface area contributed by atoms with Crippen molar-refractivity contribution < 1.29 is 9.59 Å². The van der Waals surface area contributed by atoms with Gasteiger partial charge in [-0.15, -0.1) is 0 Å². The highest BCUT2D eigenvalue weighted by molar-refractivity contribution is 6.35. The van der Waals surface area contributed by atoms with Crippen LogP contribution in [0.4, 0.5) is 11.5 Å². The minimum absolute atomic E-state index is 0.00460.